The first-order valence-electron chi connectivity index (χ1n) is 5.36. The molecule has 0 radical (unpaired) electrons. The van der Waals surface area contributed by atoms with Crippen molar-refractivity contribution in [3.8, 4) is 0 Å². The smallest absolute Gasteiger partial charge is 0.0630 e. The van der Waals surface area contributed by atoms with Crippen LogP contribution in [0.2, 0.25) is 0 Å². The number of pyridine rings is 1. The van der Waals surface area contributed by atoms with Crippen molar-refractivity contribution in [1.29, 1.82) is 0 Å². The lowest BCUT2D eigenvalue weighted by atomic mass is 10.2. The molecule has 0 spiro atoms. The molecular formula is C15H12BrN. The molecule has 2 rings (SSSR count). The van der Waals surface area contributed by atoms with Gasteiger partial charge in [0.1, 0.15) is 0 Å². The molecule has 1 heterocycles. The molecule has 0 bridgehead atoms. The number of benzene rings is 1. The number of rotatable bonds is 3. The van der Waals surface area contributed by atoms with Gasteiger partial charge < -0.3 is 0 Å². The number of hydrogen-bond donors (Lipinski definition) is 0. The van der Waals surface area contributed by atoms with Crippen LogP contribution in [0.25, 0.3) is 12.2 Å². The normalized spacial score (nSPS) is 11.9. The van der Waals surface area contributed by atoms with Crippen LogP contribution in [0.1, 0.15) is 11.3 Å². The van der Waals surface area contributed by atoms with Crippen molar-refractivity contribution in [1.82, 2.24) is 4.98 Å². The predicted molar refractivity (Wildman–Crippen MR) is 76.6 cm³/mol. The average molecular weight is 286 g/mol. The minimum absolute atomic E-state index is 0.950. The van der Waals surface area contributed by atoms with Crippen LogP contribution in [0.3, 0.4) is 0 Å². The van der Waals surface area contributed by atoms with Gasteiger partial charge in [0.2, 0.25) is 0 Å². The lowest BCUT2D eigenvalue weighted by molar-refractivity contribution is 1.30. The van der Waals surface area contributed by atoms with Gasteiger partial charge in [-0.1, -0.05) is 52.3 Å². The Kier molecular flexibility index (Phi) is 4.28. The Morgan fingerprint density at radius 3 is 2.47 bits per heavy atom. The fraction of sp³-hybridized carbons (Fsp3) is 0. The van der Waals surface area contributed by atoms with Crippen LogP contribution in [-0.4, -0.2) is 4.98 Å². The van der Waals surface area contributed by atoms with E-state index in [1.807, 2.05) is 48.6 Å². The first kappa shape index (κ1) is 11.8. The lowest BCUT2D eigenvalue weighted by Gasteiger charge is -1.94. The van der Waals surface area contributed by atoms with Crippen LogP contribution >= 0.6 is 15.9 Å². The van der Waals surface area contributed by atoms with Gasteiger partial charge in [-0.15, -0.1) is 0 Å². The number of nitrogens with zero attached hydrogens (tertiary/aromatic N) is 1. The monoisotopic (exact) mass is 285 g/mol. The Labute approximate surface area is 110 Å². The summed E-state index contributed by atoms with van der Waals surface area (Å²) in [5.74, 6) is 0. The number of aromatic nitrogens is 1. The van der Waals surface area contributed by atoms with Gasteiger partial charge in [0.05, 0.1) is 5.69 Å². The van der Waals surface area contributed by atoms with Gasteiger partial charge in [-0.25, -0.2) is 0 Å². The SMILES string of the molecule is BrC(C=Cc1ccccn1)=Cc1ccccc1. The highest BCUT2D eigenvalue weighted by Gasteiger charge is 1.89. The third kappa shape index (κ3) is 4.00. The van der Waals surface area contributed by atoms with Crippen molar-refractivity contribution in [2.45, 2.75) is 0 Å². The van der Waals surface area contributed by atoms with E-state index in [2.05, 4.69) is 39.1 Å². The molecule has 0 atom stereocenters. The molecule has 0 aliphatic heterocycles. The molecule has 1 aromatic carbocycles. The zero-order valence-electron chi connectivity index (χ0n) is 9.25. The molecule has 0 amide bonds. The molecule has 0 unspecified atom stereocenters. The summed E-state index contributed by atoms with van der Waals surface area (Å²) < 4.78 is 1.02. The van der Waals surface area contributed by atoms with E-state index in [0.29, 0.717) is 0 Å². The summed E-state index contributed by atoms with van der Waals surface area (Å²) >= 11 is 3.52. The second-order valence-corrected chi connectivity index (χ2v) is 4.44. The van der Waals surface area contributed by atoms with Gasteiger partial charge in [0.15, 0.2) is 0 Å². The van der Waals surface area contributed by atoms with Crippen LogP contribution in [0.5, 0.6) is 0 Å². The maximum atomic E-state index is 4.22. The van der Waals surface area contributed by atoms with Gasteiger partial charge in [-0.3, -0.25) is 4.98 Å². The summed E-state index contributed by atoms with van der Waals surface area (Å²) in [6.45, 7) is 0. The molecule has 0 aliphatic rings. The maximum Gasteiger partial charge on any atom is 0.0630 e. The van der Waals surface area contributed by atoms with Crippen LogP contribution in [0.4, 0.5) is 0 Å². The summed E-state index contributed by atoms with van der Waals surface area (Å²) in [4.78, 5) is 4.22. The molecule has 0 fully saturated rings. The Morgan fingerprint density at radius 2 is 1.76 bits per heavy atom. The van der Waals surface area contributed by atoms with E-state index in [1.165, 1.54) is 5.56 Å². The van der Waals surface area contributed by atoms with Crippen LogP contribution in [0, 0.1) is 0 Å². The standard InChI is InChI=1S/C15H12BrN/c16-14(12-13-6-2-1-3-7-13)9-10-15-8-4-5-11-17-15/h1-12H. The predicted octanol–water partition coefficient (Wildman–Crippen LogP) is 4.53. The lowest BCUT2D eigenvalue weighted by Crippen LogP contribution is -1.76. The quantitative estimate of drug-likeness (QED) is 0.755. The molecule has 0 aliphatic carbocycles. The van der Waals surface area contributed by atoms with Crippen LogP contribution < -0.4 is 0 Å². The van der Waals surface area contributed by atoms with Gasteiger partial charge in [-0.2, -0.15) is 0 Å². The van der Waals surface area contributed by atoms with E-state index >= 15 is 0 Å². The van der Waals surface area contributed by atoms with Crippen molar-refractivity contribution in [2.24, 2.45) is 0 Å². The molecule has 84 valence electrons. The van der Waals surface area contributed by atoms with Crippen LogP contribution in [-0.2, 0) is 0 Å². The molecule has 2 aromatic rings. The minimum Gasteiger partial charge on any atom is -0.257 e. The summed E-state index contributed by atoms with van der Waals surface area (Å²) in [6.07, 6.45) is 7.83. The third-order valence-electron chi connectivity index (χ3n) is 2.21. The van der Waals surface area contributed by atoms with E-state index < -0.39 is 0 Å². The second-order valence-electron chi connectivity index (χ2n) is 3.53. The number of hydrogen-bond acceptors (Lipinski definition) is 1. The minimum atomic E-state index is 0.950. The van der Waals surface area contributed by atoms with Crippen molar-refractivity contribution < 1.29 is 0 Å². The molecule has 0 N–H and O–H groups in total. The van der Waals surface area contributed by atoms with Gasteiger partial charge in [0, 0.05) is 10.7 Å². The van der Waals surface area contributed by atoms with E-state index in [0.717, 1.165) is 10.2 Å². The summed E-state index contributed by atoms with van der Waals surface area (Å²) in [5.41, 5.74) is 2.12. The molecule has 0 saturated heterocycles. The first-order chi connectivity index (χ1) is 8.34. The van der Waals surface area contributed by atoms with E-state index in [4.69, 9.17) is 0 Å². The number of allylic oxidation sites excluding steroid dienone is 2. The summed E-state index contributed by atoms with van der Waals surface area (Å²) in [6, 6.07) is 16.0. The average Bonchev–Trinajstić information content (AvgIpc) is 2.39. The first-order valence-corrected chi connectivity index (χ1v) is 6.15. The zero-order valence-corrected chi connectivity index (χ0v) is 10.8. The Balaban J connectivity index is 2.09. The van der Waals surface area contributed by atoms with Gasteiger partial charge in [0.25, 0.3) is 0 Å². The van der Waals surface area contributed by atoms with Crippen molar-refractivity contribution in [3.63, 3.8) is 0 Å². The summed E-state index contributed by atoms with van der Waals surface area (Å²) in [7, 11) is 0. The molecule has 0 saturated carbocycles. The van der Waals surface area contributed by atoms with Crippen LogP contribution in [0.15, 0.2) is 65.3 Å². The summed E-state index contributed by atoms with van der Waals surface area (Å²) in [5, 5.41) is 0. The van der Waals surface area contributed by atoms with Gasteiger partial charge >= 0.3 is 0 Å². The van der Waals surface area contributed by atoms with E-state index in [1.54, 1.807) is 6.20 Å². The highest BCUT2D eigenvalue weighted by atomic mass is 79.9. The zero-order chi connectivity index (χ0) is 11.9. The van der Waals surface area contributed by atoms with Gasteiger partial charge in [-0.05, 0) is 35.9 Å². The maximum absolute atomic E-state index is 4.22. The van der Waals surface area contributed by atoms with Crippen molar-refractivity contribution >= 4 is 28.1 Å². The highest BCUT2D eigenvalue weighted by molar-refractivity contribution is 9.12. The third-order valence-corrected chi connectivity index (χ3v) is 2.70. The molecular weight excluding hydrogens is 274 g/mol. The Bertz CT molecular complexity index is 515. The number of halogens is 1. The van der Waals surface area contributed by atoms with E-state index in [-0.39, 0.29) is 0 Å². The molecule has 1 nitrogen and oxygen atoms in total. The van der Waals surface area contributed by atoms with E-state index in [9.17, 15) is 0 Å². The molecule has 17 heavy (non-hydrogen) atoms. The van der Waals surface area contributed by atoms with Crippen molar-refractivity contribution in [2.75, 3.05) is 0 Å². The fourth-order valence-electron chi connectivity index (χ4n) is 1.40. The molecule has 2 heteroatoms. The largest absolute Gasteiger partial charge is 0.257 e. The Hall–Kier alpha value is -1.67. The Morgan fingerprint density at radius 1 is 1.00 bits per heavy atom. The second kappa shape index (κ2) is 6.16. The van der Waals surface area contributed by atoms with Crippen molar-refractivity contribution in [3.05, 3.63) is 76.5 Å². The topological polar surface area (TPSA) is 12.9 Å². The molecule has 1 aromatic heterocycles. The highest BCUT2D eigenvalue weighted by Crippen LogP contribution is 2.14. The fourth-order valence-corrected chi connectivity index (χ4v) is 1.79.